The Morgan fingerprint density at radius 3 is 2.65 bits per heavy atom. The molecule has 5 nitrogen and oxygen atoms in total. The number of aromatic hydroxyl groups is 1. The van der Waals surface area contributed by atoms with Crippen LogP contribution in [-0.4, -0.2) is 21.7 Å². The number of aromatic nitrogens is 1. The van der Waals surface area contributed by atoms with Crippen LogP contribution in [0.2, 0.25) is 5.02 Å². The molecule has 2 rings (SSSR count). The van der Waals surface area contributed by atoms with Crippen LogP contribution >= 0.6 is 11.6 Å². The van der Waals surface area contributed by atoms with Crippen molar-refractivity contribution in [2.75, 3.05) is 0 Å². The number of halogens is 1. The van der Waals surface area contributed by atoms with E-state index in [0.717, 1.165) is 0 Å². The minimum Gasteiger partial charge on any atom is -0.507 e. The van der Waals surface area contributed by atoms with Gasteiger partial charge in [0, 0.05) is 28.5 Å². The lowest BCUT2D eigenvalue weighted by molar-refractivity contribution is 0.0954. The predicted octanol–water partition coefficient (Wildman–Crippen LogP) is 3.62. The Balaban J connectivity index is 2.28. The SMILES string of the molecule is CC(C)C/C(=N\NC(=O)c1ccncc1)c1cc(Cl)ccc1O. The van der Waals surface area contributed by atoms with E-state index < -0.39 is 0 Å². The van der Waals surface area contributed by atoms with Gasteiger partial charge in [0.05, 0.1) is 5.71 Å². The van der Waals surface area contributed by atoms with E-state index in [2.05, 4.69) is 15.5 Å². The molecule has 1 heterocycles. The van der Waals surface area contributed by atoms with Gasteiger partial charge < -0.3 is 5.11 Å². The third-order valence-electron chi connectivity index (χ3n) is 3.11. The summed E-state index contributed by atoms with van der Waals surface area (Å²) in [4.78, 5) is 16.0. The van der Waals surface area contributed by atoms with Gasteiger partial charge >= 0.3 is 0 Å². The second-order valence-corrected chi connectivity index (χ2v) is 5.93. The molecule has 0 bridgehead atoms. The number of pyridine rings is 1. The number of nitrogens with zero attached hydrogens (tertiary/aromatic N) is 2. The third kappa shape index (κ3) is 4.79. The fourth-order valence-electron chi connectivity index (χ4n) is 2.03. The first kappa shape index (κ1) is 17.0. The lowest BCUT2D eigenvalue weighted by Gasteiger charge is -2.12. The van der Waals surface area contributed by atoms with Crippen LogP contribution in [0.3, 0.4) is 0 Å². The van der Waals surface area contributed by atoms with E-state index in [1.807, 2.05) is 13.8 Å². The van der Waals surface area contributed by atoms with Crippen LogP contribution in [0.15, 0.2) is 47.8 Å². The number of hydrogen-bond acceptors (Lipinski definition) is 4. The standard InChI is InChI=1S/C17H18ClN3O2/c1-11(2)9-15(14-10-13(18)3-4-16(14)22)20-21-17(23)12-5-7-19-8-6-12/h3-8,10-11,22H,9H2,1-2H3,(H,21,23)/b20-15+. The molecule has 0 saturated heterocycles. The topological polar surface area (TPSA) is 74.6 Å². The minimum absolute atomic E-state index is 0.0759. The molecule has 0 aliphatic rings. The molecule has 2 aromatic rings. The van der Waals surface area contributed by atoms with E-state index in [1.165, 1.54) is 18.5 Å². The van der Waals surface area contributed by atoms with Crippen molar-refractivity contribution in [3.8, 4) is 5.75 Å². The molecule has 0 spiro atoms. The number of phenolic OH excluding ortho intramolecular Hbond substituents is 1. The van der Waals surface area contributed by atoms with Crippen molar-refractivity contribution in [3.05, 3.63) is 58.9 Å². The minimum atomic E-state index is -0.338. The number of hydrazone groups is 1. The summed E-state index contributed by atoms with van der Waals surface area (Å²) < 4.78 is 0. The molecule has 0 radical (unpaired) electrons. The Morgan fingerprint density at radius 1 is 1.30 bits per heavy atom. The summed E-state index contributed by atoms with van der Waals surface area (Å²) >= 11 is 6.00. The maximum Gasteiger partial charge on any atom is 0.271 e. The maximum absolute atomic E-state index is 12.1. The summed E-state index contributed by atoms with van der Waals surface area (Å²) in [5.74, 6) is 0.0343. The van der Waals surface area contributed by atoms with E-state index in [-0.39, 0.29) is 11.7 Å². The average molecular weight is 332 g/mol. The van der Waals surface area contributed by atoms with Crippen molar-refractivity contribution in [1.29, 1.82) is 0 Å². The van der Waals surface area contributed by atoms with E-state index >= 15 is 0 Å². The predicted molar refractivity (Wildman–Crippen MR) is 90.8 cm³/mol. The van der Waals surface area contributed by atoms with Crippen LogP contribution in [0.5, 0.6) is 5.75 Å². The zero-order valence-corrected chi connectivity index (χ0v) is 13.7. The summed E-state index contributed by atoms with van der Waals surface area (Å²) in [7, 11) is 0. The van der Waals surface area contributed by atoms with Gasteiger partial charge in [-0.25, -0.2) is 5.43 Å². The summed E-state index contributed by atoms with van der Waals surface area (Å²) in [6.07, 6.45) is 3.66. The molecule has 0 fully saturated rings. The molecular formula is C17H18ClN3O2. The zero-order chi connectivity index (χ0) is 16.8. The smallest absolute Gasteiger partial charge is 0.271 e. The monoisotopic (exact) mass is 331 g/mol. The summed E-state index contributed by atoms with van der Waals surface area (Å²) in [6, 6.07) is 7.95. The first-order valence-electron chi connectivity index (χ1n) is 7.23. The number of hydrogen-bond donors (Lipinski definition) is 2. The Kier molecular flexibility index (Phi) is 5.71. The van der Waals surface area contributed by atoms with Crippen LogP contribution in [0, 0.1) is 5.92 Å². The van der Waals surface area contributed by atoms with Gasteiger partial charge in [0.25, 0.3) is 5.91 Å². The molecule has 1 aromatic heterocycles. The van der Waals surface area contributed by atoms with Gasteiger partial charge in [-0.3, -0.25) is 9.78 Å². The van der Waals surface area contributed by atoms with Gasteiger partial charge in [0.15, 0.2) is 0 Å². The highest BCUT2D eigenvalue weighted by atomic mass is 35.5. The molecule has 0 aliphatic carbocycles. The van der Waals surface area contributed by atoms with Gasteiger partial charge in [-0.15, -0.1) is 0 Å². The second kappa shape index (κ2) is 7.74. The van der Waals surface area contributed by atoms with Crippen LogP contribution in [0.1, 0.15) is 36.2 Å². The highest BCUT2D eigenvalue weighted by Crippen LogP contribution is 2.24. The first-order valence-corrected chi connectivity index (χ1v) is 7.61. The van der Waals surface area contributed by atoms with Crippen LogP contribution < -0.4 is 5.43 Å². The summed E-state index contributed by atoms with van der Waals surface area (Å²) in [5, 5.41) is 14.7. The molecule has 2 N–H and O–H groups in total. The Hall–Kier alpha value is -2.40. The summed E-state index contributed by atoms with van der Waals surface area (Å²) in [6.45, 7) is 4.06. The van der Waals surface area contributed by atoms with E-state index in [4.69, 9.17) is 11.6 Å². The number of phenols is 1. The normalized spacial score (nSPS) is 11.6. The largest absolute Gasteiger partial charge is 0.507 e. The maximum atomic E-state index is 12.1. The van der Waals surface area contributed by atoms with Gasteiger partial charge in [-0.2, -0.15) is 5.10 Å². The molecule has 0 unspecified atom stereocenters. The van der Waals surface area contributed by atoms with Crippen LogP contribution in [-0.2, 0) is 0 Å². The van der Waals surface area contributed by atoms with E-state index in [9.17, 15) is 9.90 Å². The number of amides is 1. The van der Waals surface area contributed by atoms with Gasteiger partial charge in [-0.1, -0.05) is 25.4 Å². The van der Waals surface area contributed by atoms with Gasteiger partial charge in [0.2, 0.25) is 0 Å². The lowest BCUT2D eigenvalue weighted by Crippen LogP contribution is -2.21. The molecular weight excluding hydrogens is 314 g/mol. The number of nitrogens with one attached hydrogen (secondary N) is 1. The van der Waals surface area contributed by atoms with Crippen LogP contribution in [0.4, 0.5) is 0 Å². The Morgan fingerprint density at radius 2 is 2.00 bits per heavy atom. The Bertz CT molecular complexity index is 715. The fraction of sp³-hybridized carbons (Fsp3) is 0.235. The highest BCUT2D eigenvalue weighted by Gasteiger charge is 2.13. The quantitative estimate of drug-likeness (QED) is 0.649. The average Bonchev–Trinajstić information content (AvgIpc) is 2.54. The molecule has 1 amide bonds. The van der Waals surface area contributed by atoms with Gasteiger partial charge in [0.1, 0.15) is 5.75 Å². The first-order chi connectivity index (χ1) is 11.0. The second-order valence-electron chi connectivity index (χ2n) is 5.49. The molecule has 6 heteroatoms. The van der Waals surface area contributed by atoms with E-state index in [0.29, 0.717) is 34.2 Å². The number of benzene rings is 1. The lowest BCUT2D eigenvalue weighted by atomic mass is 10.00. The van der Waals surface area contributed by atoms with E-state index in [1.54, 1.807) is 24.3 Å². The van der Waals surface area contributed by atoms with Crippen molar-refractivity contribution in [2.45, 2.75) is 20.3 Å². The van der Waals surface area contributed by atoms with Crippen molar-refractivity contribution in [2.24, 2.45) is 11.0 Å². The van der Waals surface area contributed by atoms with Gasteiger partial charge in [-0.05, 0) is 42.7 Å². The highest BCUT2D eigenvalue weighted by molar-refractivity contribution is 6.31. The molecule has 0 saturated carbocycles. The molecule has 0 atom stereocenters. The van der Waals surface area contributed by atoms with Crippen molar-refractivity contribution in [1.82, 2.24) is 10.4 Å². The zero-order valence-electron chi connectivity index (χ0n) is 13.0. The van der Waals surface area contributed by atoms with Crippen molar-refractivity contribution >= 4 is 23.2 Å². The summed E-state index contributed by atoms with van der Waals surface area (Å²) in [5.41, 5.74) is 4.06. The fourth-order valence-corrected chi connectivity index (χ4v) is 2.20. The third-order valence-corrected chi connectivity index (χ3v) is 3.34. The number of carbonyl (C=O) groups is 1. The number of rotatable bonds is 5. The number of carbonyl (C=O) groups excluding carboxylic acids is 1. The molecule has 1 aromatic carbocycles. The molecule has 23 heavy (non-hydrogen) atoms. The molecule has 120 valence electrons. The van der Waals surface area contributed by atoms with Crippen molar-refractivity contribution in [3.63, 3.8) is 0 Å². The Labute approximate surface area is 140 Å². The van der Waals surface area contributed by atoms with Crippen LogP contribution in [0.25, 0.3) is 0 Å². The molecule has 0 aliphatic heterocycles. The van der Waals surface area contributed by atoms with Crippen molar-refractivity contribution < 1.29 is 9.90 Å².